The third kappa shape index (κ3) is 3.72. The van der Waals surface area contributed by atoms with Crippen LogP contribution in [0.4, 0.5) is 0 Å². The summed E-state index contributed by atoms with van der Waals surface area (Å²) in [5.74, 6) is 0.796. The number of rotatable bonds is 6. The molecule has 1 saturated carbocycles. The van der Waals surface area contributed by atoms with Crippen molar-refractivity contribution in [1.29, 1.82) is 0 Å². The Morgan fingerprint density at radius 1 is 1.26 bits per heavy atom. The van der Waals surface area contributed by atoms with E-state index in [1.165, 1.54) is 20.0 Å². The van der Waals surface area contributed by atoms with Crippen LogP contribution in [-0.4, -0.2) is 27.6 Å². The number of fused-ring (bicyclic) bond motifs is 1. The van der Waals surface area contributed by atoms with E-state index in [1.807, 2.05) is 18.5 Å². The SMILES string of the molecule is COC(=O)c1cc(C2CC2)cnc1Cc1cnc2c(ccn2CC(C)C)c1. The Labute approximate surface area is 159 Å². The van der Waals surface area contributed by atoms with Crippen molar-refractivity contribution in [3.8, 4) is 0 Å². The lowest BCUT2D eigenvalue weighted by molar-refractivity contribution is 0.0599. The average molecular weight is 363 g/mol. The Kier molecular flexibility index (Phi) is 4.68. The Morgan fingerprint density at radius 3 is 2.78 bits per heavy atom. The molecule has 1 fully saturated rings. The standard InChI is InChI=1S/C22H25N3O2/c1-14(2)13-25-7-6-17-8-15(11-24-21(17)25)9-20-19(22(26)27-3)10-18(12-23-20)16-4-5-16/h6-8,10-12,14,16H,4-5,9,13H2,1-3H3. The minimum atomic E-state index is -0.322. The highest BCUT2D eigenvalue weighted by atomic mass is 16.5. The molecule has 0 atom stereocenters. The van der Waals surface area contributed by atoms with Gasteiger partial charge in [-0.15, -0.1) is 0 Å². The molecule has 3 aromatic heterocycles. The minimum absolute atomic E-state index is 0.322. The van der Waals surface area contributed by atoms with Crippen LogP contribution in [0.5, 0.6) is 0 Å². The van der Waals surface area contributed by atoms with Crippen LogP contribution in [-0.2, 0) is 17.7 Å². The van der Waals surface area contributed by atoms with Crippen molar-refractivity contribution in [2.45, 2.75) is 45.6 Å². The second kappa shape index (κ2) is 7.14. The molecule has 4 rings (SSSR count). The van der Waals surface area contributed by atoms with Crippen LogP contribution in [0.3, 0.4) is 0 Å². The van der Waals surface area contributed by atoms with Gasteiger partial charge >= 0.3 is 5.97 Å². The summed E-state index contributed by atoms with van der Waals surface area (Å²) in [6.45, 7) is 5.35. The molecule has 5 nitrogen and oxygen atoms in total. The van der Waals surface area contributed by atoms with Crippen LogP contribution < -0.4 is 0 Å². The fourth-order valence-electron chi connectivity index (χ4n) is 3.53. The highest BCUT2D eigenvalue weighted by Crippen LogP contribution is 2.40. The maximum Gasteiger partial charge on any atom is 0.339 e. The molecule has 0 radical (unpaired) electrons. The topological polar surface area (TPSA) is 57.0 Å². The Balaban J connectivity index is 1.64. The smallest absolute Gasteiger partial charge is 0.339 e. The lowest BCUT2D eigenvalue weighted by Crippen LogP contribution is -2.09. The lowest BCUT2D eigenvalue weighted by atomic mass is 10.0. The number of hydrogen-bond acceptors (Lipinski definition) is 4. The molecule has 140 valence electrons. The first kappa shape index (κ1) is 17.7. The van der Waals surface area contributed by atoms with E-state index in [0.29, 0.717) is 23.8 Å². The summed E-state index contributed by atoms with van der Waals surface area (Å²) in [5, 5.41) is 1.11. The van der Waals surface area contributed by atoms with Crippen molar-refractivity contribution in [1.82, 2.24) is 14.5 Å². The van der Waals surface area contributed by atoms with E-state index < -0.39 is 0 Å². The van der Waals surface area contributed by atoms with Gasteiger partial charge in [-0.2, -0.15) is 0 Å². The summed E-state index contributed by atoms with van der Waals surface area (Å²) in [7, 11) is 1.42. The molecule has 0 unspecified atom stereocenters. The molecule has 0 N–H and O–H groups in total. The molecule has 3 aromatic rings. The molecule has 1 aliphatic carbocycles. The van der Waals surface area contributed by atoms with Gasteiger partial charge in [-0.1, -0.05) is 13.8 Å². The highest BCUT2D eigenvalue weighted by molar-refractivity contribution is 5.91. The summed E-state index contributed by atoms with van der Waals surface area (Å²) in [6, 6.07) is 6.19. The summed E-state index contributed by atoms with van der Waals surface area (Å²) in [4.78, 5) is 21.5. The molecule has 3 heterocycles. The molecular formula is C22H25N3O2. The third-order valence-corrected chi connectivity index (χ3v) is 5.04. The second-order valence-electron chi connectivity index (χ2n) is 7.82. The maximum atomic E-state index is 12.3. The minimum Gasteiger partial charge on any atom is -0.465 e. The van der Waals surface area contributed by atoms with E-state index >= 15 is 0 Å². The van der Waals surface area contributed by atoms with Gasteiger partial charge in [-0.05, 0) is 54.0 Å². The first-order valence-corrected chi connectivity index (χ1v) is 9.56. The zero-order valence-electron chi connectivity index (χ0n) is 16.1. The normalized spacial score (nSPS) is 14.1. The average Bonchev–Trinajstić information content (AvgIpc) is 3.44. The zero-order valence-corrected chi connectivity index (χ0v) is 16.1. The van der Waals surface area contributed by atoms with Crippen molar-refractivity contribution in [3.05, 3.63) is 59.2 Å². The van der Waals surface area contributed by atoms with Crippen LogP contribution in [0.2, 0.25) is 0 Å². The molecule has 0 amide bonds. The number of ether oxygens (including phenoxy) is 1. The zero-order chi connectivity index (χ0) is 19.0. The quantitative estimate of drug-likeness (QED) is 0.611. The van der Waals surface area contributed by atoms with E-state index in [-0.39, 0.29) is 5.97 Å². The van der Waals surface area contributed by atoms with Gasteiger partial charge in [0.2, 0.25) is 0 Å². The number of pyridine rings is 2. The van der Waals surface area contributed by atoms with Gasteiger partial charge in [0.1, 0.15) is 5.65 Å². The molecule has 0 aromatic carbocycles. The van der Waals surface area contributed by atoms with Gasteiger partial charge in [0.05, 0.1) is 18.4 Å². The van der Waals surface area contributed by atoms with Gasteiger partial charge in [-0.25, -0.2) is 9.78 Å². The van der Waals surface area contributed by atoms with Crippen molar-refractivity contribution in [2.75, 3.05) is 7.11 Å². The van der Waals surface area contributed by atoms with E-state index in [2.05, 4.69) is 46.7 Å². The number of nitrogens with zero attached hydrogens (tertiary/aromatic N) is 3. The lowest BCUT2D eigenvalue weighted by Gasteiger charge is -2.10. The van der Waals surface area contributed by atoms with Gasteiger partial charge in [-0.3, -0.25) is 4.98 Å². The van der Waals surface area contributed by atoms with E-state index in [4.69, 9.17) is 4.74 Å². The van der Waals surface area contributed by atoms with E-state index in [9.17, 15) is 4.79 Å². The maximum absolute atomic E-state index is 12.3. The largest absolute Gasteiger partial charge is 0.465 e. The molecule has 0 spiro atoms. The second-order valence-corrected chi connectivity index (χ2v) is 7.82. The number of methoxy groups -OCH3 is 1. The molecule has 0 bridgehead atoms. The Bertz CT molecular complexity index is 986. The summed E-state index contributed by atoms with van der Waals surface area (Å²) >= 11 is 0. The van der Waals surface area contributed by atoms with Gasteiger partial charge in [0, 0.05) is 36.9 Å². The third-order valence-electron chi connectivity index (χ3n) is 5.04. The van der Waals surface area contributed by atoms with Crippen molar-refractivity contribution < 1.29 is 9.53 Å². The van der Waals surface area contributed by atoms with Crippen molar-refractivity contribution in [3.63, 3.8) is 0 Å². The summed E-state index contributed by atoms with van der Waals surface area (Å²) in [5.41, 5.74) is 4.49. The Morgan fingerprint density at radius 2 is 2.07 bits per heavy atom. The number of carbonyl (C=O) groups is 1. The predicted molar refractivity (Wildman–Crippen MR) is 105 cm³/mol. The van der Waals surface area contributed by atoms with E-state index in [1.54, 1.807) is 0 Å². The highest BCUT2D eigenvalue weighted by Gasteiger charge is 2.26. The van der Waals surface area contributed by atoms with Gasteiger partial charge in [0.15, 0.2) is 0 Å². The number of esters is 1. The van der Waals surface area contributed by atoms with Crippen LogP contribution >= 0.6 is 0 Å². The summed E-state index contributed by atoms with van der Waals surface area (Å²) in [6.07, 6.45) is 8.80. The molecule has 5 heteroatoms. The van der Waals surface area contributed by atoms with E-state index in [0.717, 1.165) is 34.4 Å². The van der Waals surface area contributed by atoms with Crippen LogP contribution in [0.15, 0.2) is 36.8 Å². The fraction of sp³-hybridized carbons (Fsp3) is 0.409. The fourth-order valence-corrected chi connectivity index (χ4v) is 3.53. The molecule has 1 aliphatic rings. The van der Waals surface area contributed by atoms with Crippen LogP contribution in [0.1, 0.15) is 59.8 Å². The van der Waals surface area contributed by atoms with Crippen LogP contribution in [0, 0.1) is 5.92 Å². The number of hydrogen-bond donors (Lipinski definition) is 0. The Hall–Kier alpha value is -2.69. The van der Waals surface area contributed by atoms with Gasteiger partial charge < -0.3 is 9.30 Å². The molecule has 27 heavy (non-hydrogen) atoms. The monoisotopic (exact) mass is 363 g/mol. The van der Waals surface area contributed by atoms with Gasteiger partial charge in [0.25, 0.3) is 0 Å². The molecular weight excluding hydrogens is 338 g/mol. The number of carbonyl (C=O) groups excluding carboxylic acids is 1. The van der Waals surface area contributed by atoms with Crippen molar-refractivity contribution >= 4 is 17.0 Å². The first-order chi connectivity index (χ1) is 13.0. The predicted octanol–water partition coefficient (Wildman–Crippen LogP) is 4.34. The molecule has 0 aliphatic heterocycles. The molecule has 0 saturated heterocycles. The summed E-state index contributed by atoms with van der Waals surface area (Å²) < 4.78 is 7.17. The van der Waals surface area contributed by atoms with Crippen molar-refractivity contribution in [2.24, 2.45) is 5.92 Å². The van der Waals surface area contributed by atoms with Crippen LogP contribution in [0.25, 0.3) is 11.0 Å². The number of aromatic nitrogens is 3. The first-order valence-electron chi connectivity index (χ1n) is 9.56.